The van der Waals surface area contributed by atoms with E-state index in [2.05, 4.69) is 46.1 Å². The highest BCUT2D eigenvalue weighted by Gasteiger charge is 2.32. The van der Waals surface area contributed by atoms with Crippen LogP contribution >= 0.6 is 0 Å². The highest BCUT2D eigenvalue weighted by molar-refractivity contribution is 5.86. The Morgan fingerprint density at radius 2 is 1.10 bits per heavy atom. The third-order valence-electron chi connectivity index (χ3n) is 14.2. The molecule has 3 N–H and O–H groups in total. The second-order valence-electron chi connectivity index (χ2n) is 20.4. The summed E-state index contributed by atoms with van der Waals surface area (Å²) in [5.41, 5.74) is 6.42. The number of benzene rings is 4. The van der Waals surface area contributed by atoms with Crippen molar-refractivity contribution in [2.24, 2.45) is 14.1 Å². The molecule has 0 aliphatic carbocycles. The third kappa shape index (κ3) is 12.3. The van der Waals surface area contributed by atoms with Gasteiger partial charge >= 0.3 is 6.09 Å². The van der Waals surface area contributed by atoms with Crippen molar-refractivity contribution in [3.63, 3.8) is 0 Å². The normalized spacial score (nSPS) is 14.1. The molecule has 0 bridgehead atoms. The van der Waals surface area contributed by atoms with Gasteiger partial charge in [0.15, 0.2) is 0 Å². The Labute approximate surface area is 456 Å². The van der Waals surface area contributed by atoms with Crippen LogP contribution in [0.2, 0.25) is 0 Å². The Kier molecular flexibility index (Phi) is 16.0. The van der Waals surface area contributed by atoms with E-state index in [1.165, 1.54) is 31.9 Å². The van der Waals surface area contributed by atoms with Gasteiger partial charge in [-0.25, -0.2) is 24.7 Å². The number of aromatic nitrogens is 8. The molecule has 0 spiro atoms. The number of nitro benzene ring substituents is 2. The number of carbonyl (C=O) groups excluding carboxylic acids is 1. The average molecular weight is 1080 g/mol. The zero-order valence-electron chi connectivity index (χ0n) is 45.6. The van der Waals surface area contributed by atoms with Gasteiger partial charge in [0.25, 0.3) is 11.4 Å². The maximum Gasteiger partial charge on any atom is 0.410 e. The van der Waals surface area contributed by atoms with Crippen LogP contribution in [0.25, 0.3) is 44.3 Å². The van der Waals surface area contributed by atoms with Gasteiger partial charge in [-0.3, -0.25) is 29.6 Å². The summed E-state index contributed by atoms with van der Waals surface area (Å²) in [6, 6.07) is 22.1. The minimum Gasteiger partial charge on any atom is -0.494 e. The minimum atomic E-state index is -0.570. The van der Waals surface area contributed by atoms with E-state index in [0.717, 1.165) is 58.9 Å². The van der Waals surface area contributed by atoms with E-state index < -0.39 is 10.5 Å². The molecule has 0 unspecified atom stereocenters. The lowest BCUT2D eigenvalue weighted by molar-refractivity contribution is -0.384. The molecule has 6 heterocycles. The van der Waals surface area contributed by atoms with Crippen molar-refractivity contribution in [2.75, 3.05) is 74.9 Å². The van der Waals surface area contributed by atoms with Crippen LogP contribution in [-0.2, 0) is 18.8 Å². The third-order valence-corrected chi connectivity index (χ3v) is 14.2. The molecule has 4 aromatic carbocycles. The number of hydrogen-bond donors (Lipinski definition) is 3. The molecule has 1 amide bonds. The van der Waals surface area contributed by atoms with Crippen molar-refractivity contribution in [3.8, 4) is 34.0 Å². The number of piperidine rings is 2. The molecule has 79 heavy (non-hydrogen) atoms. The lowest BCUT2D eigenvalue weighted by atomic mass is 10.0. The number of rotatable bonds is 14. The van der Waals surface area contributed by atoms with Crippen LogP contribution in [0.1, 0.15) is 46.5 Å². The van der Waals surface area contributed by atoms with Crippen LogP contribution in [0.4, 0.5) is 50.6 Å². The summed E-state index contributed by atoms with van der Waals surface area (Å²) in [5, 5.41) is 44.6. The molecule has 2 saturated heterocycles. The Balaban J connectivity index is 0.000000195. The molecule has 0 radical (unpaired) electrons. The van der Waals surface area contributed by atoms with Gasteiger partial charge in [0.05, 0.1) is 70.3 Å². The number of amides is 1. The number of nitrogens with zero attached hydrogens (tertiary/aromatic N) is 13. The number of anilines is 6. The zero-order valence-corrected chi connectivity index (χ0v) is 45.6. The van der Waals surface area contributed by atoms with Crippen molar-refractivity contribution in [1.29, 1.82) is 0 Å². The summed E-state index contributed by atoms with van der Waals surface area (Å²) in [6.07, 6.45) is 9.30. The first-order chi connectivity index (χ1) is 37.9. The molecule has 8 aromatic rings. The lowest BCUT2D eigenvalue weighted by Crippen LogP contribution is -2.47. The van der Waals surface area contributed by atoms with Crippen molar-refractivity contribution < 1.29 is 28.9 Å². The number of aryl methyl sites for hydroxylation is 2. The van der Waals surface area contributed by atoms with E-state index in [9.17, 15) is 25.0 Å². The Hall–Kier alpha value is -9.19. The molecule has 2 aliphatic rings. The first kappa shape index (κ1) is 54.6. The van der Waals surface area contributed by atoms with Crippen molar-refractivity contribution in [2.45, 2.75) is 64.1 Å². The summed E-state index contributed by atoms with van der Waals surface area (Å²) in [7, 11) is 10.6. The molecule has 2 aliphatic heterocycles. The summed E-state index contributed by atoms with van der Waals surface area (Å²) in [5.74, 6) is 1.88. The van der Waals surface area contributed by atoms with Gasteiger partial charge in [-0.1, -0.05) is 12.1 Å². The highest BCUT2D eigenvalue weighted by atomic mass is 16.6. The van der Waals surface area contributed by atoms with Gasteiger partial charge in [-0.05, 0) is 83.8 Å². The van der Waals surface area contributed by atoms with Crippen LogP contribution in [0.15, 0.2) is 97.8 Å². The molecule has 4 aromatic heterocycles. The number of nitro groups is 2. The van der Waals surface area contributed by atoms with Crippen molar-refractivity contribution >= 4 is 73.7 Å². The van der Waals surface area contributed by atoms with Gasteiger partial charge in [-0.2, -0.15) is 10.2 Å². The van der Waals surface area contributed by atoms with Crippen LogP contribution < -0.4 is 35.2 Å². The molecule has 412 valence electrons. The van der Waals surface area contributed by atoms with E-state index in [1.54, 1.807) is 47.2 Å². The van der Waals surface area contributed by atoms with E-state index in [0.29, 0.717) is 83.2 Å². The number of nitrogens with one attached hydrogen (secondary N) is 3. The Morgan fingerprint density at radius 1 is 0.658 bits per heavy atom. The first-order valence-corrected chi connectivity index (χ1v) is 25.8. The molecular formula is C55H64N16O8. The van der Waals surface area contributed by atoms with Gasteiger partial charge in [0.1, 0.15) is 52.8 Å². The number of fused-ring (bicyclic) bond motifs is 2. The number of carbonyl (C=O) groups is 1. The molecule has 0 atom stereocenters. The molecule has 0 saturated carbocycles. The molecule has 10 rings (SSSR count). The second-order valence-corrected chi connectivity index (χ2v) is 20.4. The number of hydrogen-bond acceptors (Lipinski definition) is 19. The first-order valence-electron chi connectivity index (χ1n) is 25.8. The quantitative estimate of drug-likeness (QED) is 0.0676. The van der Waals surface area contributed by atoms with E-state index in [-0.39, 0.29) is 34.5 Å². The van der Waals surface area contributed by atoms with Gasteiger partial charge in [-0.15, -0.1) is 0 Å². The monoisotopic (exact) mass is 1080 g/mol. The largest absolute Gasteiger partial charge is 0.494 e. The van der Waals surface area contributed by atoms with Crippen molar-refractivity contribution in [3.05, 3.63) is 118 Å². The second kappa shape index (κ2) is 23.2. The highest BCUT2D eigenvalue weighted by Crippen LogP contribution is 2.42. The predicted molar refractivity (Wildman–Crippen MR) is 303 cm³/mol. The number of ether oxygens (including phenoxy) is 3. The molecule has 24 nitrogen and oxygen atoms in total. The van der Waals surface area contributed by atoms with Gasteiger partial charge in [0, 0.05) is 112 Å². The number of methoxy groups -OCH3 is 2. The predicted octanol–water partition coefficient (Wildman–Crippen LogP) is 9.41. The lowest BCUT2D eigenvalue weighted by Gasteiger charge is -2.38. The van der Waals surface area contributed by atoms with Crippen LogP contribution in [0, 0.1) is 20.2 Å². The summed E-state index contributed by atoms with van der Waals surface area (Å²) < 4.78 is 20.4. The van der Waals surface area contributed by atoms with Gasteiger partial charge < -0.3 is 44.9 Å². The Bertz CT molecular complexity index is 3530. The van der Waals surface area contributed by atoms with Crippen LogP contribution in [-0.4, -0.2) is 133 Å². The average Bonchev–Trinajstić information content (AvgIpc) is 4.12. The summed E-state index contributed by atoms with van der Waals surface area (Å²) >= 11 is 0. The zero-order chi connectivity index (χ0) is 56.1. The van der Waals surface area contributed by atoms with Gasteiger partial charge in [0.2, 0.25) is 0 Å². The maximum absolute atomic E-state index is 12.5. The Morgan fingerprint density at radius 3 is 1.52 bits per heavy atom. The van der Waals surface area contributed by atoms with E-state index in [4.69, 9.17) is 14.2 Å². The SMILES string of the molecule is COc1cc(N(C)C2CCN(C(=O)OC(C)(C)C)CC2)c([N+](=O)[O-])cc1Nc1cc(-c2ccc3c(cnn3C)c2)ncn1.COc1cc(N(C)C2CCNCC2)c([N+](=O)[O-])cc1Nc1cc(-c2ccc3c(cnn3C)c2)ncn1. The number of likely N-dealkylation sites (tertiary alicyclic amines) is 1. The fourth-order valence-corrected chi connectivity index (χ4v) is 9.94. The summed E-state index contributed by atoms with van der Waals surface area (Å²) in [6.45, 7) is 8.29. The van der Waals surface area contributed by atoms with Crippen LogP contribution in [0.5, 0.6) is 11.5 Å². The molecule has 2 fully saturated rings. The fourth-order valence-electron chi connectivity index (χ4n) is 9.94. The maximum atomic E-state index is 12.5. The topological polar surface area (TPSA) is 264 Å². The molecular weight excluding hydrogens is 1010 g/mol. The van der Waals surface area contributed by atoms with E-state index >= 15 is 0 Å². The summed E-state index contributed by atoms with van der Waals surface area (Å²) in [4.78, 5) is 59.1. The fraction of sp³-hybridized carbons (Fsp3) is 0.364. The van der Waals surface area contributed by atoms with E-state index in [1.807, 2.05) is 106 Å². The minimum absolute atomic E-state index is 0.00985. The van der Waals surface area contributed by atoms with Crippen LogP contribution in [0.3, 0.4) is 0 Å². The smallest absolute Gasteiger partial charge is 0.410 e. The van der Waals surface area contributed by atoms with Crippen molar-refractivity contribution in [1.82, 2.24) is 49.7 Å². The standard InChI is InChI=1S/C30H36N8O5.C25H28N8O3/c1-30(2,3)43-29(39)37-11-9-21(10-12-37)35(4)25-16-27(42-6)23(14-26(25)38(40)41)34-28-15-22(31-18-32-28)19-7-8-24-20(13-19)17-33-36(24)5;1-31(18-6-8-26-9-7-18)22-13-24(36-3)20(11-23(22)33(34)35)30-25-12-19(27-15-28-25)16-4-5-21-17(10-16)14-29-32(21)2/h7-8,13-18,21H,9-12H2,1-6H3,(H,31,32,34);4-5,10-15,18,26H,6-9H2,1-3H3,(H,27,28,30). The molecule has 24 heteroatoms.